The van der Waals surface area contributed by atoms with Crippen LogP contribution in [0.3, 0.4) is 0 Å². The van der Waals surface area contributed by atoms with Crippen molar-refractivity contribution in [2.75, 3.05) is 11.4 Å². The van der Waals surface area contributed by atoms with Gasteiger partial charge in [-0.3, -0.25) is 14.3 Å². The van der Waals surface area contributed by atoms with Crippen LogP contribution in [0.2, 0.25) is 0 Å². The van der Waals surface area contributed by atoms with Crippen molar-refractivity contribution in [3.05, 3.63) is 89.0 Å². The molecule has 8 heteroatoms. The fourth-order valence-electron chi connectivity index (χ4n) is 3.75. The molecule has 0 fully saturated rings. The second kappa shape index (κ2) is 12.2. The average Bonchev–Trinajstić information content (AvgIpc) is 2.90. The summed E-state index contributed by atoms with van der Waals surface area (Å²) in [5.74, 6) is 5.82. The molecule has 0 heterocycles. The number of hydrogen-bond donors (Lipinski definition) is 2. The van der Waals surface area contributed by atoms with Gasteiger partial charge in [-0.2, -0.15) is 0 Å². The molecule has 0 radical (unpaired) electrons. The number of sulfonamides is 1. The highest BCUT2D eigenvalue weighted by Crippen LogP contribution is 2.34. The number of benzene rings is 3. The van der Waals surface area contributed by atoms with Crippen LogP contribution >= 0.6 is 0 Å². The molecule has 0 spiro atoms. The molecule has 3 aromatic carbocycles. The number of carbonyl (C=O) groups excluding carboxylic acids is 1. The summed E-state index contributed by atoms with van der Waals surface area (Å²) in [6.07, 6.45) is 2.69. The standard InChI is InChI=1S/C28H30N2O5S/c1-4-5-6-8-13-23-18-21(2)27(26(19-23)28(31)29-32)30(20-22-11-9-7-10-12-22)36(33,34)25-16-14-24(35-3)15-17-25/h7,9-12,14-19,32H,4-6,20H2,1-3H3,(H,29,31). The monoisotopic (exact) mass is 506 g/mol. The summed E-state index contributed by atoms with van der Waals surface area (Å²) in [5.41, 5.74) is 3.65. The number of ether oxygens (including phenoxy) is 1. The topological polar surface area (TPSA) is 95.9 Å². The summed E-state index contributed by atoms with van der Waals surface area (Å²) in [6, 6.07) is 18.4. The van der Waals surface area contributed by atoms with Gasteiger partial charge < -0.3 is 4.74 Å². The van der Waals surface area contributed by atoms with Gasteiger partial charge in [-0.25, -0.2) is 13.9 Å². The van der Waals surface area contributed by atoms with Gasteiger partial charge in [0.2, 0.25) is 0 Å². The Bertz CT molecular complexity index is 1360. The molecule has 3 rings (SSSR count). The molecule has 7 nitrogen and oxygen atoms in total. The SMILES string of the molecule is CCCCC#Cc1cc(C)c(N(Cc2ccccc2)S(=O)(=O)c2ccc(OC)cc2)c(C(=O)NO)c1. The predicted molar refractivity (Wildman–Crippen MR) is 140 cm³/mol. The number of rotatable bonds is 9. The third-order valence-electron chi connectivity index (χ3n) is 5.60. The van der Waals surface area contributed by atoms with Crippen molar-refractivity contribution in [2.45, 2.75) is 44.6 Å². The largest absolute Gasteiger partial charge is 0.497 e. The Labute approximate surface area is 212 Å². The average molecular weight is 507 g/mol. The van der Waals surface area contributed by atoms with Crippen LogP contribution in [0.1, 0.15) is 53.2 Å². The van der Waals surface area contributed by atoms with Crippen molar-refractivity contribution >= 4 is 21.6 Å². The first-order valence-electron chi connectivity index (χ1n) is 11.6. The lowest BCUT2D eigenvalue weighted by atomic mass is 10.0. The zero-order chi connectivity index (χ0) is 26.1. The Morgan fingerprint density at radius 1 is 1.08 bits per heavy atom. The van der Waals surface area contributed by atoms with E-state index < -0.39 is 15.9 Å². The number of unbranched alkanes of at least 4 members (excludes halogenated alkanes) is 2. The van der Waals surface area contributed by atoms with Crippen molar-refractivity contribution in [1.82, 2.24) is 5.48 Å². The van der Waals surface area contributed by atoms with Gasteiger partial charge in [0.1, 0.15) is 5.75 Å². The molecule has 0 saturated carbocycles. The van der Waals surface area contributed by atoms with Crippen molar-refractivity contribution in [3.8, 4) is 17.6 Å². The highest BCUT2D eigenvalue weighted by Gasteiger charge is 2.30. The van der Waals surface area contributed by atoms with E-state index in [1.165, 1.54) is 29.6 Å². The van der Waals surface area contributed by atoms with Crippen molar-refractivity contribution in [3.63, 3.8) is 0 Å². The fourth-order valence-corrected chi connectivity index (χ4v) is 5.29. The molecule has 188 valence electrons. The molecular formula is C28H30N2O5S. The molecule has 0 aliphatic rings. The van der Waals surface area contributed by atoms with E-state index in [-0.39, 0.29) is 22.7 Å². The van der Waals surface area contributed by atoms with E-state index in [9.17, 15) is 18.4 Å². The van der Waals surface area contributed by atoms with E-state index >= 15 is 0 Å². The molecular weight excluding hydrogens is 476 g/mol. The second-order valence-corrected chi connectivity index (χ2v) is 10.1. The number of nitrogens with one attached hydrogen (secondary N) is 1. The first kappa shape index (κ1) is 26.8. The zero-order valence-electron chi connectivity index (χ0n) is 20.6. The van der Waals surface area contributed by atoms with Crippen LogP contribution in [-0.2, 0) is 16.6 Å². The number of hydrogen-bond acceptors (Lipinski definition) is 5. The molecule has 3 aromatic rings. The van der Waals surface area contributed by atoms with Gasteiger partial charge >= 0.3 is 0 Å². The van der Waals surface area contributed by atoms with E-state index in [4.69, 9.17) is 4.74 Å². The van der Waals surface area contributed by atoms with Crippen LogP contribution in [0.5, 0.6) is 5.75 Å². The summed E-state index contributed by atoms with van der Waals surface area (Å²) < 4.78 is 34.2. The molecule has 0 aliphatic heterocycles. The van der Waals surface area contributed by atoms with Crippen LogP contribution < -0.4 is 14.5 Å². The van der Waals surface area contributed by atoms with Crippen LogP contribution in [0, 0.1) is 18.8 Å². The predicted octanol–water partition coefficient (Wildman–Crippen LogP) is 5.06. The Morgan fingerprint density at radius 2 is 1.78 bits per heavy atom. The number of methoxy groups -OCH3 is 1. The van der Waals surface area contributed by atoms with Crippen LogP contribution in [0.4, 0.5) is 5.69 Å². The van der Waals surface area contributed by atoms with Gasteiger partial charge in [-0.15, -0.1) is 0 Å². The number of hydroxylamine groups is 1. The lowest BCUT2D eigenvalue weighted by Crippen LogP contribution is -2.34. The number of aryl methyl sites for hydroxylation is 1. The van der Waals surface area contributed by atoms with Gasteiger partial charge in [0.05, 0.1) is 29.8 Å². The Morgan fingerprint density at radius 3 is 2.39 bits per heavy atom. The zero-order valence-corrected chi connectivity index (χ0v) is 21.4. The van der Waals surface area contributed by atoms with E-state index in [2.05, 4.69) is 18.8 Å². The molecule has 0 bridgehead atoms. The number of nitrogens with zero attached hydrogens (tertiary/aromatic N) is 1. The number of carbonyl (C=O) groups is 1. The Balaban J connectivity index is 2.21. The van der Waals surface area contributed by atoms with Gasteiger partial charge in [0.25, 0.3) is 15.9 Å². The minimum absolute atomic E-state index is 0.00492. The first-order valence-corrected chi connectivity index (χ1v) is 13.0. The molecule has 0 atom stereocenters. The molecule has 0 aliphatic carbocycles. The normalized spacial score (nSPS) is 10.8. The van der Waals surface area contributed by atoms with Gasteiger partial charge in [0, 0.05) is 12.0 Å². The fraction of sp³-hybridized carbons (Fsp3) is 0.250. The smallest absolute Gasteiger partial charge is 0.276 e. The minimum Gasteiger partial charge on any atom is -0.497 e. The van der Waals surface area contributed by atoms with Crippen molar-refractivity contribution < 1.29 is 23.2 Å². The Hall–Kier alpha value is -3.80. The number of amides is 1. The lowest BCUT2D eigenvalue weighted by molar-refractivity contribution is 0.0707. The maximum Gasteiger partial charge on any atom is 0.276 e. The van der Waals surface area contributed by atoms with E-state index in [1.54, 1.807) is 30.6 Å². The Kier molecular flexibility index (Phi) is 9.12. The van der Waals surface area contributed by atoms with Crippen LogP contribution in [0.25, 0.3) is 0 Å². The van der Waals surface area contributed by atoms with Crippen molar-refractivity contribution in [1.29, 1.82) is 0 Å². The first-order chi connectivity index (χ1) is 17.3. The summed E-state index contributed by atoms with van der Waals surface area (Å²) >= 11 is 0. The summed E-state index contributed by atoms with van der Waals surface area (Å²) in [6.45, 7) is 3.78. The van der Waals surface area contributed by atoms with Crippen LogP contribution in [0.15, 0.2) is 71.6 Å². The summed E-state index contributed by atoms with van der Waals surface area (Å²) in [7, 11) is -2.62. The quantitative estimate of drug-likeness (QED) is 0.183. The van der Waals surface area contributed by atoms with Gasteiger partial charge in [-0.05, 0) is 60.9 Å². The van der Waals surface area contributed by atoms with Crippen LogP contribution in [-0.4, -0.2) is 26.6 Å². The van der Waals surface area contributed by atoms with Gasteiger partial charge in [-0.1, -0.05) is 55.5 Å². The highest BCUT2D eigenvalue weighted by molar-refractivity contribution is 7.92. The highest BCUT2D eigenvalue weighted by atomic mass is 32.2. The van der Waals surface area contributed by atoms with Gasteiger partial charge in [0.15, 0.2) is 0 Å². The maximum absolute atomic E-state index is 13.9. The van der Waals surface area contributed by atoms with E-state index in [0.717, 1.165) is 18.4 Å². The summed E-state index contributed by atoms with van der Waals surface area (Å²) in [5, 5.41) is 9.47. The molecule has 2 N–H and O–H groups in total. The molecule has 36 heavy (non-hydrogen) atoms. The maximum atomic E-state index is 13.9. The van der Waals surface area contributed by atoms with E-state index in [1.807, 2.05) is 30.3 Å². The third kappa shape index (κ3) is 6.25. The second-order valence-electron chi connectivity index (χ2n) is 8.21. The summed E-state index contributed by atoms with van der Waals surface area (Å²) in [4.78, 5) is 12.8. The van der Waals surface area contributed by atoms with E-state index in [0.29, 0.717) is 23.3 Å². The third-order valence-corrected chi connectivity index (χ3v) is 7.36. The molecule has 0 saturated heterocycles. The van der Waals surface area contributed by atoms with Crippen molar-refractivity contribution in [2.24, 2.45) is 0 Å². The molecule has 0 unspecified atom stereocenters. The molecule has 0 aromatic heterocycles. The minimum atomic E-state index is -4.12. The molecule has 1 amide bonds. The number of anilines is 1. The lowest BCUT2D eigenvalue weighted by Gasteiger charge is -2.28.